The number of fused-ring (bicyclic) bond motifs is 2. The molecule has 9 heteroatoms. The number of ether oxygens (including phenoxy) is 1. The summed E-state index contributed by atoms with van der Waals surface area (Å²) in [6.07, 6.45) is -7.82. The Bertz CT molecular complexity index is 498. The van der Waals surface area contributed by atoms with Gasteiger partial charge < -0.3 is 4.74 Å². The SMILES string of the molecule is CC1CC2CC(C1)CC(C)(CC(=O)OC(CS)(C(F)(F)F)C(F)(F)F)C2. The number of esters is 1. The Hall–Kier alpha value is -0.600. The Morgan fingerprint density at radius 1 is 1.04 bits per heavy atom. The molecule has 2 atom stereocenters. The fourth-order valence-corrected chi connectivity index (χ4v) is 5.34. The summed E-state index contributed by atoms with van der Waals surface area (Å²) in [5, 5.41) is 0. The summed E-state index contributed by atoms with van der Waals surface area (Å²) >= 11 is 3.20. The second kappa shape index (κ2) is 7.09. The fraction of sp³-hybridized carbons (Fsp3) is 0.941. The Balaban J connectivity index is 2.13. The van der Waals surface area contributed by atoms with Gasteiger partial charge in [0, 0.05) is 5.75 Å². The first-order valence-electron chi connectivity index (χ1n) is 8.67. The van der Waals surface area contributed by atoms with Crippen molar-refractivity contribution in [1.82, 2.24) is 0 Å². The summed E-state index contributed by atoms with van der Waals surface area (Å²) < 4.78 is 82.6. The van der Waals surface area contributed by atoms with Gasteiger partial charge in [0.1, 0.15) is 0 Å². The van der Waals surface area contributed by atoms with Crippen LogP contribution in [-0.4, -0.2) is 29.7 Å². The van der Waals surface area contributed by atoms with E-state index in [1.54, 1.807) is 6.92 Å². The smallest absolute Gasteiger partial charge is 0.438 e. The summed E-state index contributed by atoms with van der Waals surface area (Å²) in [6.45, 7) is 3.90. The molecule has 2 aliphatic rings. The quantitative estimate of drug-likeness (QED) is 0.376. The van der Waals surface area contributed by atoms with E-state index < -0.39 is 41.5 Å². The van der Waals surface area contributed by atoms with Crippen LogP contribution in [0, 0.1) is 23.2 Å². The summed E-state index contributed by atoms with van der Waals surface area (Å²) in [6, 6.07) is 0. The number of thiol groups is 1. The molecule has 2 fully saturated rings. The highest BCUT2D eigenvalue weighted by Gasteiger charge is 2.73. The van der Waals surface area contributed by atoms with Gasteiger partial charge in [0.25, 0.3) is 0 Å². The van der Waals surface area contributed by atoms with E-state index in [9.17, 15) is 31.1 Å². The number of hydrogen-bond acceptors (Lipinski definition) is 3. The maximum Gasteiger partial charge on any atom is 0.438 e. The van der Waals surface area contributed by atoms with E-state index >= 15 is 0 Å². The molecule has 0 N–H and O–H groups in total. The first-order valence-corrected chi connectivity index (χ1v) is 9.31. The van der Waals surface area contributed by atoms with Crippen LogP contribution in [0.3, 0.4) is 0 Å². The standard InChI is InChI=1S/C17H24F6O2S/c1-10-3-11-5-12(4-10)7-14(2,6-11)8-13(24)25-15(9-26,16(18,19)20)17(21,22)23/h10-12,26H,3-9H2,1-2H3. The summed E-state index contributed by atoms with van der Waals surface area (Å²) in [7, 11) is 0. The minimum Gasteiger partial charge on any atom is -0.438 e. The minimum atomic E-state index is -5.79. The van der Waals surface area contributed by atoms with E-state index in [-0.39, 0.29) is 0 Å². The molecule has 2 saturated carbocycles. The number of alkyl halides is 6. The van der Waals surface area contributed by atoms with Crippen molar-refractivity contribution in [2.24, 2.45) is 23.2 Å². The van der Waals surface area contributed by atoms with Crippen LogP contribution in [0.25, 0.3) is 0 Å². The first-order chi connectivity index (χ1) is 11.7. The minimum absolute atomic E-state index is 0.357. The third kappa shape index (κ3) is 4.28. The van der Waals surface area contributed by atoms with Crippen molar-refractivity contribution in [2.75, 3.05) is 5.75 Å². The molecule has 2 bridgehead atoms. The fourth-order valence-electron chi connectivity index (χ4n) is 4.92. The van der Waals surface area contributed by atoms with E-state index in [4.69, 9.17) is 0 Å². The second-order valence-corrected chi connectivity index (χ2v) is 8.71. The van der Waals surface area contributed by atoms with Gasteiger partial charge in [0.05, 0.1) is 6.42 Å². The van der Waals surface area contributed by atoms with Gasteiger partial charge in [0.15, 0.2) is 0 Å². The predicted molar refractivity (Wildman–Crippen MR) is 86.7 cm³/mol. The normalized spacial score (nSPS) is 33.0. The lowest BCUT2D eigenvalue weighted by atomic mass is 9.58. The van der Waals surface area contributed by atoms with Crippen LogP contribution in [0.5, 0.6) is 0 Å². The molecule has 2 nitrogen and oxygen atoms in total. The molecule has 2 aliphatic carbocycles. The van der Waals surface area contributed by atoms with Crippen LogP contribution in [0.15, 0.2) is 0 Å². The molecule has 0 aromatic carbocycles. The number of rotatable bonds is 4. The first kappa shape index (κ1) is 21.7. The van der Waals surface area contributed by atoms with Gasteiger partial charge in [-0.2, -0.15) is 39.0 Å². The molecule has 0 heterocycles. The van der Waals surface area contributed by atoms with Crippen LogP contribution in [-0.2, 0) is 9.53 Å². The van der Waals surface area contributed by atoms with Crippen molar-refractivity contribution in [3.05, 3.63) is 0 Å². The molecule has 0 saturated heterocycles. The van der Waals surface area contributed by atoms with Crippen LogP contribution in [0.2, 0.25) is 0 Å². The summed E-state index contributed by atoms with van der Waals surface area (Å²) in [4.78, 5) is 12.1. The molecule has 0 spiro atoms. The molecule has 0 aromatic heterocycles. The van der Waals surface area contributed by atoms with Crippen molar-refractivity contribution >= 4 is 18.6 Å². The average molecular weight is 406 g/mol. The zero-order valence-electron chi connectivity index (χ0n) is 14.7. The Morgan fingerprint density at radius 3 is 1.88 bits per heavy atom. The molecular formula is C17H24F6O2S. The lowest BCUT2D eigenvalue weighted by Crippen LogP contribution is -2.61. The van der Waals surface area contributed by atoms with Crippen molar-refractivity contribution < 1.29 is 35.9 Å². The lowest BCUT2D eigenvalue weighted by molar-refractivity contribution is -0.361. The number of carbonyl (C=O) groups is 1. The van der Waals surface area contributed by atoms with Gasteiger partial charge in [-0.15, -0.1) is 0 Å². The molecule has 0 amide bonds. The van der Waals surface area contributed by atoms with Crippen LogP contribution >= 0.6 is 12.6 Å². The molecule has 0 radical (unpaired) electrons. The number of hydrogen-bond donors (Lipinski definition) is 1. The van der Waals surface area contributed by atoms with Gasteiger partial charge in [-0.1, -0.05) is 13.8 Å². The molecular weight excluding hydrogens is 382 g/mol. The maximum atomic E-state index is 13.1. The molecule has 0 aromatic rings. The second-order valence-electron chi connectivity index (χ2n) is 8.39. The summed E-state index contributed by atoms with van der Waals surface area (Å²) in [5.41, 5.74) is -5.21. The van der Waals surface area contributed by atoms with Crippen LogP contribution in [0.1, 0.15) is 52.4 Å². The van der Waals surface area contributed by atoms with Gasteiger partial charge in [-0.3, -0.25) is 4.79 Å². The topological polar surface area (TPSA) is 26.3 Å². The van der Waals surface area contributed by atoms with Crippen LogP contribution < -0.4 is 0 Å². The molecule has 0 aliphatic heterocycles. The molecule has 26 heavy (non-hydrogen) atoms. The average Bonchev–Trinajstić information content (AvgIpc) is 2.39. The van der Waals surface area contributed by atoms with Gasteiger partial charge in [-0.05, 0) is 55.3 Å². The Kier molecular flexibility index (Phi) is 5.92. The number of halogens is 6. The third-order valence-electron chi connectivity index (χ3n) is 5.70. The largest absolute Gasteiger partial charge is 0.438 e. The lowest BCUT2D eigenvalue weighted by Gasteiger charge is -2.47. The van der Waals surface area contributed by atoms with Gasteiger partial charge in [0.2, 0.25) is 0 Å². The van der Waals surface area contributed by atoms with Crippen LogP contribution in [0.4, 0.5) is 26.3 Å². The van der Waals surface area contributed by atoms with Crippen molar-refractivity contribution in [1.29, 1.82) is 0 Å². The zero-order valence-corrected chi connectivity index (χ0v) is 15.6. The monoisotopic (exact) mass is 406 g/mol. The zero-order chi connectivity index (χ0) is 20.0. The van der Waals surface area contributed by atoms with E-state index in [0.29, 0.717) is 30.6 Å². The molecule has 2 rings (SSSR count). The van der Waals surface area contributed by atoms with E-state index in [1.165, 1.54) is 0 Å². The Labute approximate surface area is 154 Å². The van der Waals surface area contributed by atoms with Crippen molar-refractivity contribution in [2.45, 2.75) is 70.3 Å². The van der Waals surface area contributed by atoms with Gasteiger partial charge in [-0.25, -0.2) is 0 Å². The highest BCUT2D eigenvalue weighted by Crippen LogP contribution is 2.52. The number of carbonyl (C=O) groups excluding carboxylic acids is 1. The summed E-state index contributed by atoms with van der Waals surface area (Å²) in [5.74, 6) is -1.90. The maximum absolute atomic E-state index is 13.1. The molecule has 152 valence electrons. The van der Waals surface area contributed by atoms with E-state index in [1.807, 2.05) is 0 Å². The third-order valence-corrected chi connectivity index (χ3v) is 6.14. The van der Waals surface area contributed by atoms with Gasteiger partial charge >= 0.3 is 23.9 Å². The van der Waals surface area contributed by atoms with E-state index in [2.05, 4.69) is 24.3 Å². The Morgan fingerprint density at radius 2 is 1.50 bits per heavy atom. The van der Waals surface area contributed by atoms with Crippen molar-refractivity contribution in [3.8, 4) is 0 Å². The van der Waals surface area contributed by atoms with E-state index in [0.717, 1.165) is 19.3 Å². The van der Waals surface area contributed by atoms with Crippen molar-refractivity contribution in [3.63, 3.8) is 0 Å². The molecule has 2 unspecified atom stereocenters. The highest BCUT2D eigenvalue weighted by molar-refractivity contribution is 7.80. The predicted octanol–water partition coefficient (Wildman–Crippen LogP) is 5.57. The highest BCUT2D eigenvalue weighted by atomic mass is 32.1.